The van der Waals surface area contributed by atoms with Gasteiger partial charge in [0.1, 0.15) is 5.75 Å². The number of pyridine rings is 1. The van der Waals surface area contributed by atoms with E-state index in [4.69, 9.17) is 4.74 Å². The third kappa shape index (κ3) is 4.40. The fraction of sp³-hybridized carbons (Fsp3) is 0.333. The van der Waals surface area contributed by atoms with Gasteiger partial charge in [-0.05, 0) is 61.8 Å². The van der Waals surface area contributed by atoms with Gasteiger partial charge in [-0.3, -0.25) is 14.7 Å². The molecule has 4 rings (SSSR count). The Labute approximate surface area is 171 Å². The van der Waals surface area contributed by atoms with Crippen LogP contribution < -0.4 is 10.1 Å². The van der Waals surface area contributed by atoms with Crippen molar-refractivity contribution in [3.05, 3.63) is 71.9 Å². The molecule has 1 saturated heterocycles. The van der Waals surface area contributed by atoms with E-state index in [9.17, 15) is 4.79 Å². The van der Waals surface area contributed by atoms with E-state index in [1.165, 1.54) is 24.8 Å². The van der Waals surface area contributed by atoms with Crippen LogP contribution in [0.5, 0.6) is 5.75 Å². The Morgan fingerprint density at radius 1 is 1.07 bits per heavy atom. The summed E-state index contributed by atoms with van der Waals surface area (Å²) < 4.78 is 5.30. The van der Waals surface area contributed by atoms with Crippen molar-refractivity contribution in [1.29, 1.82) is 0 Å². The van der Waals surface area contributed by atoms with E-state index in [0.29, 0.717) is 12.1 Å². The monoisotopic (exact) mass is 389 g/mol. The van der Waals surface area contributed by atoms with Gasteiger partial charge in [0, 0.05) is 23.7 Å². The number of nitrogens with zero attached hydrogens (tertiary/aromatic N) is 2. The maximum Gasteiger partial charge on any atom is 0.252 e. The number of likely N-dealkylation sites (tertiary alicyclic amines) is 1. The number of amides is 1. The zero-order chi connectivity index (χ0) is 20.1. The first-order chi connectivity index (χ1) is 14.3. The molecule has 150 valence electrons. The fourth-order valence-corrected chi connectivity index (χ4v) is 4.10. The highest BCUT2D eigenvalue weighted by atomic mass is 16.5. The van der Waals surface area contributed by atoms with Gasteiger partial charge in [0.25, 0.3) is 5.91 Å². The lowest BCUT2D eigenvalue weighted by Gasteiger charge is -2.35. The lowest BCUT2D eigenvalue weighted by Crippen LogP contribution is -2.40. The second kappa shape index (κ2) is 9.05. The van der Waals surface area contributed by atoms with E-state index in [0.717, 1.165) is 29.7 Å². The molecule has 1 aliphatic heterocycles. The van der Waals surface area contributed by atoms with E-state index in [1.54, 1.807) is 13.3 Å². The number of hydrogen-bond donors (Lipinski definition) is 1. The summed E-state index contributed by atoms with van der Waals surface area (Å²) in [5.41, 5.74) is 2.71. The summed E-state index contributed by atoms with van der Waals surface area (Å²) in [7, 11) is 1.68. The van der Waals surface area contributed by atoms with Gasteiger partial charge in [0.05, 0.1) is 18.7 Å². The largest absolute Gasteiger partial charge is 0.497 e. The average molecular weight is 389 g/mol. The molecule has 3 aromatic rings. The summed E-state index contributed by atoms with van der Waals surface area (Å²) in [6.45, 7) is 2.69. The van der Waals surface area contributed by atoms with Gasteiger partial charge >= 0.3 is 0 Å². The Morgan fingerprint density at radius 3 is 2.62 bits per heavy atom. The quantitative estimate of drug-likeness (QED) is 0.686. The molecule has 2 aromatic carbocycles. The highest BCUT2D eigenvalue weighted by Crippen LogP contribution is 2.26. The number of nitrogens with one attached hydrogen (secondary N) is 1. The molecular weight excluding hydrogens is 362 g/mol. The van der Waals surface area contributed by atoms with Crippen molar-refractivity contribution in [3.8, 4) is 5.75 Å². The smallest absolute Gasteiger partial charge is 0.252 e. The molecule has 5 nitrogen and oxygen atoms in total. The SMILES string of the molecule is COc1ccc([C@@H](CNC(=O)c2cccc3ncccc23)N2CCCCC2)cc1. The van der Waals surface area contributed by atoms with Gasteiger partial charge in [-0.2, -0.15) is 0 Å². The zero-order valence-corrected chi connectivity index (χ0v) is 16.8. The molecule has 0 saturated carbocycles. The molecule has 5 heteroatoms. The molecule has 0 radical (unpaired) electrons. The molecule has 1 amide bonds. The molecular formula is C24H27N3O2. The van der Waals surface area contributed by atoms with Gasteiger partial charge in [-0.1, -0.05) is 30.7 Å². The molecule has 2 heterocycles. The molecule has 0 aliphatic carbocycles. The molecule has 0 bridgehead atoms. The van der Waals surface area contributed by atoms with Gasteiger partial charge in [0.2, 0.25) is 0 Å². The van der Waals surface area contributed by atoms with Crippen LogP contribution in [-0.2, 0) is 0 Å². The summed E-state index contributed by atoms with van der Waals surface area (Å²) >= 11 is 0. The Morgan fingerprint density at radius 2 is 1.86 bits per heavy atom. The van der Waals surface area contributed by atoms with Crippen LogP contribution in [0.25, 0.3) is 10.9 Å². The van der Waals surface area contributed by atoms with Crippen molar-refractivity contribution in [2.24, 2.45) is 0 Å². The lowest BCUT2D eigenvalue weighted by atomic mass is 10.0. The number of aromatic nitrogens is 1. The van der Waals surface area contributed by atoms with Crippen LogP contribution in [0.15, 0.2) is 60.8 Å². The number of carbonyl (C=O) groups is 1. The highest BCUT2D eigenvalue weighted by molar-refractivity contribution is 6.06. The van der Waals surface area contributed by atoms with Crippen molar-refractivity contribution in [2.45, 2.75) is 25.3 Å². The van der Waals surface area contributed by atoms with Crippen LogP contribution in [0.4, 0.5) is 0 Å². The minimum absolute atomic E-state index is 0.0564. The Balaban J connectivity index is 1.54. The minimum Gasteiger partial charge on any atom is -0.497 e. The van der Waals surface area contributed by atoms with Crippen LogP contribution in [-0.4, -0.2) is 42.5 Å². The predicted octanol–water partition coefficient (Wildman–Crippen LogP) is 4.20. The average Bonchev–Trinajstić information content (AvgIpc) is 2.80. The maximum absolute atomic E-state index is 13.0. The summed E-state index contributed by atoms with van der Waals surface area (Å²) in [4.78, 5) is 19.8. The normalized spacial score (nSPS) is 15.8. The molecule has 0 unspecified atom stereocenters. The third-order valence-corrected chi connectivity index (χ3v) is 5.68. The zero-order valence-electron chi connectivity index (χ0n) is 16.8. The second-order valence-corrected chi connectivity index (χ2v) is 7.47. The van der Waals surface area contributed by atoms with Crippen molar-refractivity contribution in [1.82, 2.24) is 15.2 Å². The number of methoxy groups -OCH3 is 1. The molecule has 1 atom stereocenters. The second-order valence-electron chi connectivity index (χ2n) is 7.47. The summed E-state index contributed by atoms with van der Waals surface area (Å²) in [5.74, 6) is 0.789. The van der Waals surface area contributed by atoms with Gasteiger partial charge in [0.15, 0.2) is 0 Å². The Kier molecular flexibility index (Phi) is 6.06. The molecule has 1 aliphatic rings. The number of rotatable bonds is 6. The maximum atomic E-state index is 13.0. The summed E-state index contributed by atoms with van der Waals surface area (Å²) in [5, 5.41) is 4.06. The first-order valence-electron chi connectivity index (χ1n) is 10.3. The fourth-order valence-electron chi connectivity index (χ4n) is 4.10. The predicted molar refractivity (Wildman–Crippen MR) is 115 cm³/mol. The molecule has 1 aromatic heterocycles. The minimum atomic E-state index is -0.0564. The van der Waals surface area contributed by atoms with Crippen LogP contribution in [0, 0.1) is 0 Å². The van der Waals surface area contributed by atoms with E-state index < -0.39 is 0 Å². The van der Waals surface area contributed by atoms with Crippen molar-refractivity contribution in [2.75, 3.05) is 26.7 Å². The summed E-state index contributed by atoms with van der Waals surface area (Å²) in [6, 6.07) is 17.8. The van der Waals surface area contributed by atoms with E-state index in [1.807, 2.05) is 42.5 Å². The number of fused-ring (bicyclic) bond motifs is 1. The molecule has 29 heavy (non-hydrogen) atoms. The first-order valence-corrected chi connectivity index (χ1v) is 10.3. The molecule has 0 spiro atoms. The third-order valence-electron chi connectivity index (χ3n) is 5.68. The number of hydrogen-bond acceptors (Lipinski definition) is 4. The van der Waals surface area contributed by atoms with E-state index >= 15 is 0 Å². The Hall–Kier alpha value is -2.92. The van der Waals surface area contributed by atoms with Gasteiger partial charge < -0.3 is 10.1 Å². The van der Waals surface area contributed by atoms with Gasteiger partial charge in [-0.15, -0.1) is 0 Å². The number of carbonyl (C=O) groups excluding carboxylic acids is 1. The van der Waals surface area contributed by atoms with Crippen LogP contribution >= 0.6 is 0 Å². The highest BCUT2D eigenvalue weighted by Gasteiger charge is 2.23. The number of ether oxygens (including phenoxy) is 1. The van der Waals surface area contributed by atoms with Crippen LogP contribution in [0.2, 0.25) is 0 Å². The lowest BCUT2D eigenvalue weighted by molar-refractivity contribution is 0.0926. The van der Waals surface area contributed by atoms with Crippen molar-refractivity contribution >= 4 is 16.8 Å². The van der Waals surface area contributed by atoms with Crippen molar-refractivity contribution < 1.29 is 9.53 Å². The topological polar surface area (TPSA) is 54.5 Å². The van der Waals surface area contributed by atoms with Crippen LogP contribution in [0.3, 0.4) is 0 Å². The van der Waals surface area contributed by atoms with Gasteiger partial charge in [-0.25, -0.2) is 0 Å². The number of piperidine rings is 1. The first kappa shape index (κ1) is 19.4. The standard InChI is InChI=1S/C24H27N3O2/c1-29-19-12-10-18(11-13-19)23(27-15-3-2-4-16-27)17-26-24(28)21-7-5-9-22-20(21)8-6-14-25-22/h5-14,23H,2-4,15-17H2,1H3,(H,26,28)/t23-/m1/s1. The Bertz CT molecular complexity index is 960. The van der Waals surface area contributed by atoms with Crippen LogP contribution in [0.1, 0.15) is 41.2 Å². The summed E-state index contributed by atoms with van der Waals surface area (Å²) in [6.07, 6.45) is 5.44. The molecule has 1 fully saturated rings. The molecule has 1 N–H and O–H groups in total. The van der Waals surface area contributed by atoms with Crippen molar-refractivity contribution in [3.63, 3.8) is 0 Å². The van der Waals surface area contributed by atoms with E-state index in [2.05, 4.69) is 27.3 Å². The van der Waals surface area contributed by atoms with E-state index in [-0.39, 0.29) is 11.9 Å². The number of benzene rings is 2.